The van der Waals surface area contributed by atoms with E-state index in [-0.39, 0.29) is 5.82 Å². The zero-order valence-corrected chi connectivity index (χ0v) is 14.6. The van der Waals surface area contributed by atoms with Gasteiger partial charge in [-0.25, -0.2) is 4.98 Å². The number of hydrogen-bond donors (Lipinski definition) is 1. The average molecular weight is 339 g/mol. The lowest BCUT2D eigenvalue weighted by atomic mass is 9.98. The van der Waals surface area contributed by atoms with Crippen molar-refractivity contribution in [3.8, 4) is 34.5 Å². The molecule has 126 valence electrons. The minimum absolute atomic E-state index is 0.195. The first-order valence-electron chi connectivity index (χ1n) is 8.02. The topological polar surface area (TPSA) is 89.7 Å². The molecule has 2 aromatic carbocycles. The van der Waals surface area contributed by atoms with Gasteiger partial charge < -0.3 is 10.6 Å². The fourth-order valence-corrected chi connectivity index (χ4v) is 2.71. The molecule has 0 atom stereocenters. The molecule has 3 aromatic rings. The minimum Gasteiger partial charge on any atom is -0.383 e. The molecular formula is C21H17N5. The van der Waals surface area contributed by atoms with Crippen molar-refractivity contribution >= 4 is 11.5 Å². The highest BCUT2D eigenvalue weighted by Gasteiger charge is 2.13. The third kappa shape index (κ3) is 3.19. The second-order valence-corrected chi connectivity index (χ2v) is 6.06. The number of hydrogen-bond acceptors (Lipinski definition) is 5. The lowest BCUT2D eigenvalue weighted by Crippen LogP contribution is -2.08. The summed E-state index contributed by atoms with van der Waals surface area (Å²) in [6.07, 6.45) is 0. The van der Waals surface area contributed by atoms with Gasteiger partial charge in [0.25, 0.3) is 0 Å². The van der Waals surface area contributed by atoms with Gasteiger partial charge in [-0.05, 0) is 35.9 Å². The third-order valence-electron chi connectivity index (χ3n) is 4.16. The van der Waals surface area contributed by atoms with Crippen LogP contribution in [-0.4, -0.2) is 19.1 Å². The molecule has 5 nitrogen and oxygen atoms in total. The number of aromatic nitrogens is 1. The highest BCUT2D eigenvalue weighted by Crippen LogP contribution is 2.32. The second kappa shape index (κ2) is 6.96. The van der Waals surface area contributed by atoms with E-state index in [9.17, 15) is 5.26 Å². The van der Waals surface area contributed by atoms with Crippen LogP contribution in [0, 0.1) is 22.7 Å². The first kappa shape index (κ1) is 17.0. The second-order valence-electron chi connectivity index (χ2n) is 6.06. The van der Waals surface area contributed by atoms with Crippen LogP contribution in [0.5, 0.6) is 0 Å². The Hall–Kier alpha value is -3.83. The Labute approximate surface area is 152 Å². The highest BCUT2D eigenvalue weighted by atomic mass is 15.1. The van der Waals surface area contributed by atoms with Crippen molar-refractivity contribution in [3.63, 3.8) is 0 Å². The number of nitrogen functional groups attached to an aromatic ring is 1. The quantitative estimate of drug-likeness (QED) is 0.783. The zero-order valence-electron chi connectivity index (χ0n) is 14.6. The van der Waals surface area contributed by atoms with Gasteiger partial charge in [0.15, 0.2) is 0 Å². The molecule has 0 amide bonds. The molecule has 0 saturated heterocycles. The molecule has 0 unspecified atom stereocenters. The normalized spacial score (nSPS) is 10.0. The molecule has 0 spiro atoms. The Kier molecular flexibility index (Phi) is 4.55. The predicted molar refractivity (Wildman–Crippen MR) is 103 cm³/mol. The number of nitrogens with two attached hydrogens (primary N) is 1. The van der Waals surface area contributed by atoms with Crippen LogP contribution in [-0.2, 0) is 0 Å². The first-order valence-corrected chi connectivity index (χ1v) is 8.02. The Morgan fingerprint density at radius 1 is 0.885 bits per heavy atom. The first-order chi connectivity index (χ1) is 12.5. The SMILES string of the molecule is CN(C)c1ccc(-c2cc(-c3ccc(C#N)cc3)nc(N)c2C#N)cc1. The van der Waals surface area contributed by atoms with Crippen molar-refractivity contribution in [1.29, 1.82) is 10.5 Å². The van der Waals surface area contributed by atoms with Gasteiger partial charge in [0.1, 0.15) is 17.5 Å². The van der Waals surface area contributed by atoms with E-state index in [1.165, 1.54) is 0 Å². The molecule has 2 N–H and O–H groups in total. The van der Waals surface area contributed by atoms with E-state index in [2.05, 4.69) is 17.1 Å². The maximum absolute atomic E-state index is 9.52. The van der Waals surface area contributed by atoms with Gasteiger partial charge in [-0.15, -0.1) is 0 Å². The van der Waals surface area contributed by atoms with Crippen LogP contribution in [0.15, 0.2) is 54.6 Å². The summed E-state index contributed by atoms with van der Waals surface area (Å²) in [5.74, 6) is 0.195. The Morgan fingerprint density at radius 2 is 1.50 bits per heavy atom. The van der Waals surface area contributed by atoms with E-state index in [0.29, 0.717) is 16.8 Å². The van der Waals surface area contributed by atoms with E-state index in [1.807, 2.05) is 61.5 Å². The average Bonchev–Trinajstić information content (AvgIpc) is 2.67. The van der Waals surface area contributed by atoms with Crippen LogP contribution in [0.2, 0.25) is 0 Å². The summed E-state index contributed by atoms with van der Waals surface area (Å²) in [6, 6.07) is 21.1. The van der Waals surface area contributed by atoms with Gasteiger partial charge in [-0.1, -0.05) is 24.3 Å². The standard InChI is InChI=1S/C21H17N5/c1-26(2)17-9-7-15(8-10-17)18-11-20(25-21(24)19(18)13-23)16-5-3-14(12-22)4-6-16/h3-11H,1-2H3,(H2,24,25). The fraction of sp³-hybridized carbons (Fsp3) is 0.0952. The van der Waals surface area contributed by atoms with Crippen molar-refractivity contribution in [2.75, 3.05) is 24.7 Å². The smallest absolute Gasteiger partial charge is 0.142 e. The number of nitriles is 2. The van der Waals surface area contributed by atoms with Crippen LogP contribution in [0.3, 0.4) is 0 Å². The van der Waals surface area contributed by atoms with Crippen LogP contribution in [0.4, 0.5) is 11.5 Å². The summed E-state index contributed by atoms with van der Waals surface area (Å²) in [5, 5.41) is 18.5. The molecule has 0 aliphatic heterocycles. The molecule has 26 heavy (non-hydrogen) atoms. The molecule has 0 aliphatic carbocycles. The van der Waals surface area contributed by atoms with Gasteiger partial charge in [-0.2, -0.15) is 10.5 Å². The van der Waals surface area contributed by atoms with Crippen LogP contribution < -0.4 is 10.6 Å². The van der Waals surface area contributed by atoms with Crippen LogP contribution in [0.25, 0.3) is 22.4 Å². The van der Waals surface area contributed by atoms with E-state index in [0.717, 1.165) is 22.4 Å². The summed E-state index contributed by atoms with van der Waals surface area (Å²) in [7, 11) is 3.95. The number of nitrogens with zero attached hydrogens (tertiary/aromatic N) is 4. The van der Waals surface area contributed by atoms with Crippen LogP contribution in [0.1, 0.15) is 11.1 Å². The number of pyridine rings is 1. The highest BCUT2D eigenvalue weighted by molar-refractivity contribution is 5.80. The maximum Gasteiger partial charge on any atom is 0.142 e. The summed E-state index contributed by atoms with van der Waals surface area (Å²) in [6.45, 7) is 0. The minimum atomic E-state index is 0.195. The molecule has 0 fully saturated rings. The molecule has 3 rings (SSSR count). The summed E-state index contributed by atoms with van der Waals surface area (Å²) in [4.78, 5) is 6.38. The van der Waals surface area contributed by atoms with Gasteiger partial charge in [0, 0.05) is 30.9 Å². The number of benzene rings is 2. The summed E-state index contributed by atoms with van der Waals surface area (Å²) >= 11 is 0. The van der Waals surface area contributed by atoms with Crippen LogP contribution >= 0.6 is 0 Å². The number of rotatable bonds is 3. The molecule has 1 aromatic heterocycles. The number of anilines is 2. The van der Waals surface area contributed by atoms with Crippen molar-refractivity contribution in [2.45, 2.75) is 0 Å². The Bertz CT molecular complexity index is 1020. The van der Waals surface area contributed by atoms with Crippen molar-refractivity contribution in [1.82, 2.24) is 4.98 Å². The molecule has 0 saturated carbocycles. The fourth-order valence-electron chi connectivity index (χ4n) is 2.71. The molecule has 0 bridgehead atoms. The Balaban J connectivity index is 2.13. The molecule has 5 heteroatoms. The summed E-state index contributed by atoms with van der Waals surface area (Å²) in [5.41, 5.74) is 11.2. The van der Waals surface area contributed by atoms with Gasteiger partial charge in [0.2, 0.25) is 0 Å². The lowest BCUT2D eigenvalue weighted by molar-refractivity contribution is 1.13. The third-order valence-corrected chi connectivity index (χ3v) is 4.16. The molecule has 1 heterocycles. The largest absolute Gasteiger partial charge is 0.383 e. The molecule has 0 aliphatic rings. The summed E-state index contributed by atoms with van der Waals surface area (Å²) < 4.78 is 0. The van der Waals surface area contributed by atoms with Crippen molar-refractivity contribution < 1.29 is 0 Å². The van der Waals surface area contributed by atoms with Gasteiger partial charge >= 0.3 is 0 Å². The maximum atomic E-state index is 9.52. The lowest BCUT2D eigenvalue weighted by Gasteiger charge is -2.14. The van der Waals surface area contributed by atoms with E-state index in [4.69, 9.17) is 11.0 Å². The van der Waals surface area contributed by atoms with E-state index >= 15 is 0 Å². The molecular weight excluding hydrogens is 322 g/mol. The Morgan fingerprint density at radius 3 is 2.04 bits per heavy atom. The van der Waals surface area contributed by atoms with Crippen molar-refractivity contribution in [3.05, 3.63) is 65.7 Å². The predicted octanol–water partition coefficient (Wildman–Crippen LogP) is 3.81. The molecule has 0 radical (unpaired) electrons. The van der Waals surface area contributed by atoms with Crippen molar-refractivity contribution in [2.24, 2.45) is 0 Å². The van der Waals surface area contributed by atoms with E-state index in [1.54, 1.807) is 12.1 Å². The zero-order chi connectivity index (χ0) is 18.7. The van der Waals surface area contributed by atoms with Gasteiger partial charge in [0.05, 0.1) is 17.3 Å². The van der Waals surface area contributed by atoms with Gasteiger partial charge in [-0.3, -0.25) is 0 Å². The van der Waals surface area contributed by atoms with E-state index < -0.39 is 0 Å². The monoisotopic (exact) mass is 339 g/mol.